The zero-order valence-electron chi connectivity index (χ0n) is 19.9. The van der Waals surface area contributed by atoms with Crippen molar-refractivity contribution in [1.82, 2.24) is 10.6 Å². The Morgan fingerprint density at radius 2 is 1.75 bits per heavy atom. The minimum absolute atomic E-state index is 0. The van der Waals surface area contributed by atoms with E-state index in [-0.39, 0.29) is 42.9 Å². The predicted octanol–water partition coefficient (Wildman–Crippen LogP) is 4.24. The van der Waals surface area contributed by atoms with Gasteiger partial charge < -0.3 is 25.8 Å². The molecule has 4 N–H and O–H groups in total. The molecule has 1 unspecified atom stereocenters. The summed E-state index contributed by atoms with van der Waals surface area (Å²) in [7, 11) is 1.66. The lowest BCUT2D eigenvalue weighted by molar-refractivity contribution is -0.124. The van der Waals surface area contributed by atoms with E-state index in [1.807, 2.05) is 18.2 Å². The fourth-order valence-corrected chi connectivity index (χ4v) is 3.30. The molecule has 0 saturated heterocycles. The van der Waals surface area contributed by atoms with Gasteiger partial charge in [-0.25, -0.2) is 0 Å². The second-order valence-electron chi connectivity index (χ2n) is 7.81. The number of nitrogens with one attached hydrogen (secondary N) is 2. The first kappa shape index (κ1) is 33.3. The van der Waals surface area contributed by atoms with Crippen molar-refractivity contribution in [2.24, 2.45) is 5.73 Å². The van der Waals surface area contributed by atoms with Crippen molar-refractivity contribution in [2.45, 2.75) is 77.0 Å². The van der Waals surface area contributed by atoms with Crippen LogP contribution in [0.15, 0.2) is 30.3 Å². The first-order valence-corrected chi connectivity index (χ1v) is 11.6. The molecule has 1 aromatic carbocycles. The lowest BCUT2D eigenvalue weighted by atomic mass is 10.1. The van der Waals surface area contributed by atoms with Crippen LogP contribution in [0.4, 0.5) is 0 Å². The van der Waals surface area contributed by atoms with Crippen LogP contribution >= 0.6 is 24.8 Å². The van der Waals surface area contributed by atoms with Gasteiger partial charge in [0.25, 0.3) is 0 Å². The van der Waals surface area contributed by atoms with E-state index in [1.165, 1.54) is 25.7 Å². The Labute approximate surface area is 207 Å². The topological polar surface area (TPSA) is 85.6 Å². The SMILES string of the molecule is CCCCCCCOC(CNC(=O)[C@H](CCCCN)NCc1ccccc1)COC.Cl.Cl. The molecular formula is C24H45Cl2N3O3. The normalized spacial score (nSPS) is 12.3. The van der Waals surface area contributed by atoms with Crippen LogP contribution in [0, 0.1) is 0 Å². The van der Waals surface area contributed by atoms with Gasteiger partial charge in [0.2, 0.25) is 5.91 Å². The Kier molecular flexibility index (Phi) is 24.2. The number of carbonyl (C=O) groups excluding carboxylic acids is 1. The largest absolute Gasteiger partial charge is 0.382 e. The third kappa shape index (κ3) is 16.7. The number of rotatable bonds is 19. The van der Waals surface area contributed by atoms with Crippen LogP contribution in [0.1, 0.15) is 63.9 Å². The Bertz CT molecular complexity index is 538. The van der Waals surface area contributed by atoms with Crippen molar-refractivity contribution in [3.05, 3.63) is 35.9 Å². The van der Waals surface area contributed by atoms with Crippen molar-refractivity contribution in [3.63, 3.8) is 0 Å². The third-order valence-corrected chi connectivity index (χ3v) is 5.12. The fourth-order valence-electron chi connectivity index (χ4n) is 3.30. The number of halogens is 2. The van der Waals surface area contributed by atoms with Gasteiger partial charge in [0.15, 0.2) is 0 Å². The van der Waals surface area contributed by atoms with E-state index in [1.54, 1.807) is 7.11 Å². The van der Waals surface area contributed by atoms with Crippen molar-refractivity contribution >= 4 is 30.7 Å². The predicted molar refractivity (Wildman–Crippen MR) is 138 cm³/mol. The zero-order chi connectivity index (χ0) is 21.9. The van der Waals surface area contributed by atoms with Crippen LogP contribution in [-0.4, -0.2) is 51.5 Å². The van der Waals surface area contributed by atoms with Crippen LogP contribution in [0.25, 0.3) is 0 Å². The highest BCUT2D eigenvalue weighted by molar-refractivity contribution is 5.85. The van der Waals surface area contributed by atoms with Crippen molar-refractivity contribution in [1.29, 1.82) is 0 Å². The zero-order valence-corrected chi connectivity index (χ0v) is 21.5. The molecule has 0 saturated carbocycles. The highest BCUT2D eigenvalue weighted by Gasteiger charge is 2.19. The summed E-state index contributed by atoms with van der Waals surface area (Å²) in [5, 5.41) is 6.45. The van der Waals surface area contributed by atoms with Crippen molar-refractivity contribution in [3.8, 4) is 0 Å². The van der Waals surface area contributed by atoms with Gasteiger partial charge in [-0.2, -0.15) is 0 Å². The Morgan fingerprint density at radius 1 is 1.03 bits per heavy atom. The van der Waals surface area contributed by atoms with E-state index in [0.717, 1.165) is 31.2 Å². The van der Waals surface area contributed by atoms with E-state index in [2.05, 4.69) is 29.7 Å². The molecule has 0 radical (unpaired) electrons. The number of ether oxygens (including phenoxy) is 2. The van der Waals surface area contributed by atoms with Crippen LogP contribution < -0.4 is 16.4 Å². The molecule has 1 aromatic rings. The molecule has 0 heterocycles. The minimum atomic E-state index is -0.242. The number of benzene rings is 1. The molecule has 0 fully saturated rings. The summed E-state index contributed by atoms with van der Waals surface area (Å²) in [6.45, 7) is 5.17. The number of methoxy groups -OCH3 is 1. The molecule has 1 amide bonds. The maximum Gasteiger partial charge on any atom is 0.237 e. The second-order valence-corrected chi connectivity index (χ2v) is 7.81. The second kappa shape index (κ2) is 23.3. The fraction of sp³-hybridized carbons (Fsp3) is 0.708. The molecule has 0 aliphatic rings. The third-order valence-electron chi connectivity index (χ3n) is 5.12. The molecule has 32 heavy (non-hydrogen) atoms. The van der Waals surface area contributed by atoms with Crippen LogP contribution in [-0.2, 0) is 20.8 Å². The van der Waals surface area contributed by atoms with Crippen molar-refractivity contribution in [2.75, 3.05) is 33.4 Å². The molecule has 0 aromatic heterocycles. The minimum Gasteiger partial charge on any atom is -0.382 e. The van der Waals surface area contributed by atoms with Crippen LogP contribution in [0.2, 0.25) is 0 Å². The Morgan fingerprint density at radius 3 is 2.41 bits per heavy atom. The standard InChI is InChI=1S/C24H43N3O3.2ClH/c1-3-4-5-6-12-17-30-22(20-29-2)19-27-24(28)23(15-10-11-16-25)26-18-21-13-8-7-9-14-21;;/h7-9,13-14,22-23,26H,3-6,10-12,15-20,25H2,1-2H3,(H,27,28);2*1H/t22?,23-;;/m0../s1. The van der Waals surface area contributed by atoms with Gasteiger partial charge in [-0.3, -0.25) is 4.79 Å². The maximum absolute atomic E-state index is 12.8. The summed E-state index contributed by atoms with van der Waals surface area (Å²) in [6.07, 6.45) is 8.50. The van der Waals surface area contributed by atoms with E-state index in [0.29, 0.717) is 32.8 Å². The van der Waals surface area contributed by atoms with E-state index in [9.17, 15) is 4.79 Å². The van der Waals surface area contributed by atoms with Gasteiger partial charge in [-0.1, -0.05) is 69.4 Å². The smallest absolute Gasteiger partial charge is 0.237 e. The number of nitrogens with two attached hydrogens (primary N) is 1. The molecule has 6 nitrogen and oxygen atoms in total. The molecule has 0 bridgehead atoms. The average molecular weight is 495 g/mol. The first-order valence-electron chi connectivity index (χ1n) is 11.6. The molecule has 188 valence electrons. The summed E-state index contributed by atoms with van der Waals surface area (Å²) >= 11 is 0. The lowest BCUT2D eigenvalue weighted by Crippen LogP contribution is -2.47. The van der Waals surface area contributed by atoms with Crippen LogP contribution in [0.3, 0.4) is 0 Å². The van der Waals surface area contributed by atoms with Crippen molar-refractivity contribution < 1.29 is 14.3 Å². The summed E-state index contributed by atoms with van der Waals surface area (Å²) in [5.74, 6) is 0.00982. The first-order chi connectivity index (χ1) is 14.7. The maximum atomic E-state index is 12.8. The number of unbranched alkanes of at least 4 members (excludes halogenated alkanes) is 5. The van der Waals surface area contributed by atoms with Gasteiger partial charge in [0.05, 0.1) is 18.8 Å². The van der Waals surface area contributed by atoms with Gasteiger partial charge in [0.1, 0.15) is 0 Å². The number of amides is 1. The lowest BCUT2D eigenvalue weighted by Gasteiger charge is -2.22. The number of hydrogen-bond donors (Lipinski definition) is 3. The summed E-state index contributed by atoms with van der Waals surface area (Å²) in [4.78, 5) is 12.8. The molecular weight excluding hydrogens is 449 g/mol. The van der Waals surface area contributed by atoms with Gasteiger partial charge in [-0.05, 0) is 31.4 Å². The van der Waals surface area contributed by atoms with Crippen LogP contribution in [0.5, 0.6) is 0 Å². The molecule has 0 aliphatic carbocycles. The Hall–Kier alpha value is -0.890. The van der Waals surface area contributed by atoms with Gasteiger partial charge in [0, 0.05) is 26.8 Å². The quantitative estimate of drug-likeness (QED) is 0.251. The average Bonchev–Trinajstić information content (AvgIpc) is 2.77. The Balaban J connectivity index is 0. The highest BCUT2D eigenvalue weighted by atomic mass is 35.5. The van der Waals surface area contributed by atoms with E-state index < -0.39 is 0 Å². The highest BCUT2D eigenvalue weighted by Crippen LogP contribution is 2.06. The van der Waals surface area contributed by atoms with Gasteiger partial charge >= 0.3 is 0 Å². The molecule has 2 atom stereocenters. The summed E-state index contributed by atoms with van der Waals surface area (Å²) < 4.78 is 11.2. The molecule has 0 spiro atoms. The molecule has 1 rings (SSSR count). The summed E-state index contributed by atoms with van der Waals surface area (Å²) in [5.41, 5.74) is 6.79. The van der Waals surface area contributed by atoms with Gasteiger partial charge in [-0.15, -0.1) is 24.8 Å². The number of carbonyl (C=O) groups is 1. The molecule has 8 heteroatoms. The van der Waals surface area contributed by atoms with E-state index in [4.69, 9.17) is 15.2 Å². The molecule has 0 aliphatic heterocycles. The summed E-state index contributed by atoms with van der Waals surface area (Å²) in [6, 6.07) is 9.89. The monoisotopic (exact) mass is 493 g/mol. The van der Waals surface area contributed by atoms with E-state index >= 15 is 0 Å². The number of hydrogen-bond acceptors (Lipinski definition) is 5.